The molecule has 0 fully saturated rings. The first kappa shape index (κ1) is 35.4. The first-order valence-electron chi connectivity index (χ1n) is 15.2. The van der Waals surface area contributed by atoms with E-state index in [9.17, 15) is 28.8 Å². The van der Waals surface area contributed by atoms with Gasteiger partial charge in [-0.2, -0.15) is 0 Å². The molecule has 1 aliphatic heterocycles. The van der Waals surface area contributed by atoms with E-state index in [1.165, 1.54) is 11.8 Å². The minimum atomic E-state index is -1.00. The Balaban J connectivity index is 1.72. The predicted octanol–water partition coefficient (Wildman–Crippen LogP) is 5.13. The molecule has 1 aromatic heterocycles. The molecule has 0 unspecified atom stereocenters. The number of unbranched alkanes of at least 4 members (excludes halogenated alkanes) is 1. The zero-order valence-corrected chi connectivity index (χ0v) is 27.6. The van der Waals surface area contributed by atoms with Crippen molar-refractivity contribution in [3.63, 3.8) is 0 Å². The van der Waals surface area contributed by atoms with Gasteiger partial charge in [0.1, 0.15) is 11.9 Å². The van der Waals surface area contributed by atoms with Gasteiger partial charge in [-0.25, -0.2) is 9.78 Å². The lowest BCUT2D eigenvalue weighted by molar-refractivity contribution is -0.128. The van der Waals surface area contributed by atoms with Crippen LogP contribution in [0.5, 0.6) is 0 Å². The number of amides is 6. The van der Waals surface area contributed by atoms with Gasteiger partial charge in [-0.3, -0.25) is 33.8 Å². The molecule has 2 heterocycles. The van der Waals surface area contributed by atoms with Gasteiger partial charge < -0.3 is 10.6 Å². The van der Waals surface area contributed by atoms with E-state index in [-0.39, 0.29) is 42.4 Å². The molecule has 6 amide bonds. The zero-order chi connectivity index (χ0) is 33.3. The summed E-state index contributed by atoms with van der Waals surface area (Å²) in [6.45, 7) is 11.0. The van der Waals surface area contributed by atoms with Crippen molar-refractivity contribution in [3.8, 4) is 0 Å². The highest BCUT2D eigenvalue weighted by Gasteiger charge is 2.38. The molecule has 2 atom stereocenters. The summed E-state index contributed by atoms with van der Waals surface area (Å²) in [7, 11) is 0. The van der Waals surface area contributed by atoms with Crippen molar-refractivity contribution >= 4 is 52.4 Å². The van der Waals surface area contributed by atoms with Gasteiger partial charge in [0, 0.05) is 26.2 Å². The topological polar surface area (TPSA) is 146 Å². The molecule has 11 nitrogen and oxygen atoms in total. The quantitative estimate of drug-likeness (QED) is 0.227. The Kier molecular flexibility index (Phi) is 12.4. The van der Waals surface area contributed by atoms with Crippen LogP contribution in [0.3, 0.4) is 0 Å². The average molecular weight is 638 g/mol. The smallest absolute Gasteiger partial charge is 0.324 e. The number of anilines is 1. The lowest BCUT2D eigenvalue weighted by atomic mass is 9.86. The summed E-state index contributed by atoms with van der Waals surface area (Å²) in [5.41, 5.74) is 0.0346. The maximum absolute atomic E-state index is 13.9. The third-order valence-corrected chi connectivity index (χ3v) is 8.37. The highest BCUT2D eigenvalue weighted by Crippen LogP contribution is 2.26. The van der Waals surface area contributed by atoms with E-state index in [1.807, 2.05) is 13.8 Å². The summed E-state index contributed by atoms with van der Waals surface area (Å²) in [4.78, 5) is 84.9. The monoisotopic (exact) mass is 637 g/mol. The number of carbonyl (C=O) groups excluding carboxylic acids is 6. The van der Waals surface area contributed by atoms with Gasteiger partial charge in [0.15, 0.2) is 5.12 Å². The Morgan fingerprint density at radius 3 is 2.09 bits per heavy atom. The Morgan fingerprint density at radius 2 is 1.56 bits per heavy atom. The van der Waals surface area contributed by atoms with Gasteiger partial charge in [0.2, 0.25) is 11.8 Å². The number of hydrogen-bond donors (Lipinski definition) is 2. The molecule has 242 valence electrons. The minimum Gasteiger partial charge on any atom is -0.325 e. The lowest BCUT2D eigenvalue weighted by Gasteiger charge is -2.33. The number of fused-ring (bicyclic) bond motifs is 1. The first-order chi connectivity index (χ1) is 21.2. The van der Waals surface area contributed by atoms with Gasteiger partial charge in [-0.05, 0) is 54.9 Å². The van der Waals surface area contributed by atoms with Crippen LogP contribution in [0.4, 0.5) is 10.6 Å². The summed E-state index contributed by atoms with van der Waals surface area (Å²) in [6.07, 6.45) is 3.17. The van der Waals surface area contributed by atoms with Crippen LogP contribution in [-0.4, -0.2) is 73.9 Å². The number of carbonyl (C=O) groups is 6. The fourth-order valence-corrected chi connectivity index (χ4v) is 5.77. The van der Waals surface area contributed by atoms with Crippen LogP contribution >= 0.6 is 11.8 Å². The third kappa shape index (κ3) is 9.71. The van der Waals surface area contributed by atoms with Crippen LogP contribution in [0.15, 0.2) is 48.7 Å². The van der Waals surface area contributed by atoms with Crippen LogP contribution in [0.25, 0.3) is 0 Å². The fraction of sp³-hybridized carbons (Fsp3) is 0.485. The van der Waals surface area contributed by atoms with Crippen molar-refractivity contribution in [2.24, 2.45) is 11.3 Å². The molecule has 0 aliphatic carbocycles. The summed E-state index contributed by atoms with van der Waals surface area (Å²) in [5.74, 6) is -1.20. The maximum atomic E-state index is 13.9. The van der Waals surface area contributed by atoms with Crippen molar-refractivity contribution in [2.45, 2.75) is 78.5 Å². The number of hydrogen-bond acceptors (Lipinski definition) is 8. The van der Waals surface area contributed by atoms with E-state index >= 15 is 0 Å². The molecule has 45 heavy (non-hydrogen) atoms. The highest BCUT2D eigenvalue weighted by molar-refractivity contribution is 8.14. The van der Waals surface area contributed by atoms with E-state index in [1.54, 1.807) is 69.4 Å². The van der Waals surface area contributed by atoms with Gasteiger partial charge in [-0.15, -0.1) is 0 Å². The fourth-order valence-electron chi connectivity index (χ4n) is 4.86. The molecule has 1 aliphatic rings. The summed E-state index contributed by atoms with van der Waals surface area (Å²) in [6, 6.07) is 10.0. The second-order valence-corrected chi connectivity index (χ2v) is 13.9. The van der Waals surface area contributed by atoms with Gasteiger partial charge in [0.05, 0.1) is 16.4 Å². The average Bonchev–Trinajstić information content (AvgIpc) is 3.21. The SMILES string of the molecule is CC(=O)S[C@@H](CCCCN1C(=O)c2ccccc2C1=O)C(=O)N(CCC(C)C)C(=O)N[C@H](C(=O)Nc1ccccn1)C(C)(C)C. The Labute approximate surface area is 268 Å². The van der Waals surface area contributed by atoms with Crippen LogP contribution in [0, 0.1) is 11.3 Å². The largest absolute Gasteiger partial charge is 0.325 e. The number of nitrogens with zero attached hydrogens (tertiary/aromatic N) is 3. The van der Waals surface area contributed by atoms with E-state index in [0.717, 1.165) is 16.7 Å². The van der Waals surface area contributed by atoms with Crippen LogP contribution in [0.1, 0.15) is 87.9 Å². The summed E-state index contributed by atoms with van der Waals surface area (Å²) in [5, 5.41) is 4.34. The summed E-state index contributed by atoms with van der Waals surface area (Å²) >= 11 is 0.849. The molecule has 2 N–H and O–H groups in total. The molecule has 12 heteroatoms. The van der Waals surface area contributed by atoms with Crippen LogP contribution in [-0.2, 0) is 14.4 Å². The van der Waals surface area contributed by atoms with E-state index in [4.69, 9.17) is 0 Å². The van der Waals surface area contributed by atoms with Crippen molar-refractivity contribution in [3.05, 3.63) is 59.8 Å². The number of urea groups is 1. The van der Waals surface area contributed by atoms with Crippen molar-refractivity contribution in [2.75, 3.05) is 18.4 Å². The molecular weight excluding hydrogens is 594 g/mol. The first-order valence-corrected chi connectivity index (χ1v) is 16.0. The van der Waals surface area contributed by atoms with E-state index in [2.05, 4.69) is 15.6 Å². The number of imide groups is 2. The normalized spacial score (nSPS) is 14.2. The van der Waals surface area contributed by atoms with Crippen LogP contribution in [0.2, 0.25) is 0 Å². The van der Waals surface area contributed by atoms with E-state index in [0.29, 0.717) is 36.2 Å². The number of rotatable bonds is 13. The van der Waals surface area contributed by atoms with E-state index < -0.39 is 34.6 Å². The second kappa shape index (κ2) is 15.8. The number of benzene rings is 1. The number of thioether (sulfide) groups is 1. The van der Waals surface area contributed by atoms with Crippen molar-refractivity contribution in [1.82, 2.24) is 20.1 Å². The lowest BCUT2D eigenvalue weighted by Crippen LogP contribution is -2.57. The molecule has 3 rings (SSSR count). The molecule has 0 spiro atoms. The molecule has 0 radical (unpaired) electrons. The van der Waals surface area contributed by atoms with Crippen molar-refractivity contribution in [1.29, 1.82) is 0 Å². The molecule has 0 bridgehead atoms. The predicted molar refractivity (Wildman–Crippen MR) is 174 cm³/mol. The molecule has 2 aromatic rings. The Hall–Kier alpha value is -4.06. The maximum Gasteiger partial charge on any atom is 0.324 e. The number of pyridine rings is 1. The highest BCUT2D eigenvalue weighted by atomic mass is 32.2. The number of nitrogens with one attached hydrogen (secondary N) is 2. The Bertz CT molecular complexity index is 1370. The van der Waals surface area contributed by atoms with Gasteiger partial charge >= 0.3 is 6.03 Å². The van der Waals surface area contributed by atoms with Crippen molar-refractivity contribution < 1.29 is 28.8 Å². The summed E-state index contributed by atoms with van der Waals surface area (Å²) < 4.78 is 0. The second-order valence-electron chi connectivity index (χ2n) is 12.5. The Morgan fingerprint density at radius 1 is 0.933 bits per heavy atom. The van der Waals surface area contributed by atoms with Crippen LogP contribution < -0.4 is 10.6 Å². The number of aromatic nitrogens is 1. The van der Waals surface area contributed by atoms with Gasteiger partial charge in [0.25, 0.3) is 11.8 Å². The standard InChI is InChI=1S/C33H43N5O6S/c1-21(2)17-20-38(32(44)36-27(33(4,5)6)28(40)35-26-16-9-11-18-34-26)31(43)25(45-22(3)39)15-10-12-19-37-29(41)23-13-7-8-14-24(23)30(37)42/h7-9,11,13-14,16,18,21,25,27H,10,12,15,17,19-20H2,1-6H3,(H,36,44)(H,34,35,40)/t25-,27+/m0/s1. The third-order valence-electron chi connectivity index (χ3n) is 7.31. The minimum absolute atomic E-state index is 0.102. The molecule has 1 aromatic carbocycles. The molecule has 0 saturated heterocycles. The molecule has 0 saturated carbocycles. The van der Waals surface area contributed by atoms with Gasteiger partial charge in [-0.1, -0.05) is 71.0 Å². The zero-order valence-electron chi connectivity index (χ0n) is 26.8. The molecular formula is C33H43N5O6S.